The van der Waals surface area contributed by atoms with Gasteiger partial charge in [0.2, 0.25) is 0 Å². The molecule has 0 aromatic heterocycles. The van der Waals surface area contributed by atoms with Crippen LogP contribution >= 0.6 is 11.8 Å². The first kappa shape index (κ1) is 15.7. The van der Waals surface area contributed by atoms with Gasteiger partial charge >= 0.3 is 6.09 Å². The van der Waals surface area contributed by atoms with E-state index in [1.807, 2.05) is 30.5 Å². The highest BCUT2D eigenvalue weighted by Gasteiger charge is 2.26. The fraction of sp³-hybridized carbons (Fsp3) is 0.467. The van der Waals surface area contributed by atoms with Crippen LogP contribution in [-0.4, -0.2) is 60.8 Å². The van der Waals surface area contributed by atoms with Crippen molar-refractivity contribution in [2.75, 3.05) is 39.0 Å². The van der Waals surface area contributed by atoms with Gasteiger partial charge in [0.1, 0.15) is 0 Å². The number of hydrogen-bond acceptors (Lipinski definition) is 4. The Bertz CT molecular complexity index is 513. The fourth-order valence-electron chi connectivity index (χ4n) is 2.30. The molecule has 0 aliphatic carbocycles. The lowest BCUT2D eigenvalue weighted by molar-refractivity contribution is 0.0568. The van der Waals surface area contributed by atoms with Crippen molar-refractivity contribution in [3.63, 3.8) is 0 Å². The normalized spacial score (nSPS) is 15.0. The second-order valence-electron chi connectivity index (χ2n) is 4.68. The molecule has 6 heteroatoms. The highest BCUT2D eigenvalue weighted by atomic mass is 32.2. The first-order valence-electron chi connectivity index (χ1n) is 7.01. The van der Waals surface area contributed by atoms with E-state index in [4.69, 9.17) is 4.74 Å². The van der Waals surface area contributed by atoms with E-state index in [9.17, 15) is 9.59 Å². The van der Waals surface area contributed by atoms with E-state index in [0.29, 0.717) is 32.8 Å². The van der Waals surface area contributed by atoms with Gasteiger partial charge in [-0.05, 0) is 25.3 Å². The van der Waals surface area contributed by atoms with E-state index in [1.165, 1.54) is 0 Å². The molecule has 5 nitrogen and oxygen atoms in total. The number of carbonyl (C=O) groups is 2. The van der Waals surface area contributed by atoms with Crippen LogP contribution in [0.2, 0.25) is 0 Å². The average molecular weight is 308 g/mol. The summed E-state index contributed by atoms with van der Waals surface area (Å²) in [6.45, 7) is 4.29. The van der Waals surface area contributed by atoms with Crippen LogP contribution in [0, 0.1) is 0 Å². The topological polar surface area (TPSA) is 49.9 Å². The Hall–Kier alpha value is -1.69. The molecule has 0 unspecified atom stereocenters. The highest BCUT2D eigenvalue weighted by molar-refractivity contribution is 7.98. The number of ether oxygens (including phenoxy) is 1. The first-order chi connectivity index (χ1) is 10.2. The SMILES string of the molecule is CCOC(=O)N1CCN(C(=O)c2ccccc2SC)CC1. The molecule has 0 spiro atoms. The summed E-state index contributed by atoms with van der Waals surface area (Å²) in [5, 5.41) is 0. The Labute approximate surface area is 129 Å². The molecular weight excluding hydrogens is 288 g/mol. The summed E-state index contributed by atoms with van der Waals surface area (Å²) in [5.74, 6) is 0.0310. The van der Waals surface area contributed by atoms with Gasteiger partial charge in [0, 0.05) is 31.1 Å². The van der Waals surface area contributed by atoms with Crippen molar-refractivity contribution in [3.05, 3.63) is 29.8 Å². The molecule has 1 saturated heterocycles. The van der Waals surface area contributed by atoms with Crippen molar-refractivity contribution < 1.29 is 14.3 Å². The first-order valence-corrected chi connectivity index (χ1v) is 8.23. The third-order valence-corrected chi connectivity index (χ3v) is 4.23. The number of rotatable bonds is 3. The van der Waals surface area contributed by atoms with Crippen molar-refractivity contribution in [2.45, 2.75) is 11.8 Å². The Morgan fingerprint density at radius 1 is 1.14 bits per heavy atom. The number of benzene rings is 1. The number of piperazine rings is 1. The van der Waals surface area contributed by atoms with Crippen LogP contribution in [0.1, 0.15) is 17.3 Å². The van der Waals surface area contributed by atoms with Gasteiger partial charge in [-0.25, -0.2) is 4.79 Å². The molecule has 1 aliphatic heterocycles. The molecule has 0 saturated carbocycles. The molecule has 0 atom stereocenters. The van der Waals surface area contributed by atoms with Crippen LogP contribution < -0.4 is 0 Å². The van der Waals surface area contributed by atoms with Gasteiger partial charge in [-0.2, -0.15) is 0 Å². The van der Waals surface area contributed by atoms with Gasteiger partial charge < -0.3 is 14.5 Å². The summed E-state index contributed by atoms with van der Waals surface area (Å²) in [4.78, 5) is 28.6. The maximum absolute atomic E-state index is 12.6. The van der Waals surface area contributed by atoms with Crippen molar-refractivity contribution in [3.8, 4) is 0 Å². The van der Waals surface area contributed by atoms with Gasteiger partial charge in [-0.3, -0.25) is 4.79 Å². The zero-order valence-electron chi connectivity index (χ0n) is 12.4. The summed E-state index contributed by atoms with van der Waals surface area (Å²) in [7, 11) is 0. The minimum Gasteiger partial charge on any atom is -0.450 e. The zero-order valence-corrected chi connectivity index (χ0v) is 13.2. The van der Waals surface area contributed by atoms with E-state index >= 15 is 0 Å². The van der Waals surface area contributed by atoms with Gasteiger partial charge in [0.25, 0.3) is 5.91 Å². The molecule has 2 rings (SSSR count). The van der Waals surface area contributed by atoms with E-state index in [0.717, 1.165) is 10.5 Å². The standard InChI is InChI=1S/C15H20N2O3S/c1-3-20-15(19)17-10-8-16(9-11-17)14(18)12-6-4-5-7-13(12)21-2/h4-7H,3,8-11H2,1-2H3. The highest BCUT2D eigenvalue weighted by Crippen LogP contribution is 2.22. The Morgan fingerprint density at radius 3 is 2.38 bits per heavy atom. The maximum Gasteiger partial charge on any atom is 0.409 e. The maximum atomic E-state index is 12.6. The third-order valence-electron chi connectivity index (χ3n) is 3.43. The average Bonchev–Trinajstić information content (AvgIpc) is 2.54. The van der Waals surface area contributed by atoms with Crippen molar-refractivity contribution in [1.29, 1.82) is 0 Å². The lowest BCUT2D eigenvalue weighted by Gasteiger charge is -2.34. The van der Waals surface area contributed by atoms with Crippen LogP contribution in [0.4, 0.5) is 4.79 Å². The molecule has 0 radical (unpaired) electrons. The number of nitrogens with zero attached hydrogens (tertiary/aromatic N) is 2. The minimum absolute atomic E-state index is 0.0310. The van der Waals surface area contributed by atoms with Gasteiger partial charge in [0.15, 0.2) is 0 Å². The van der Waals surface area contributed by atoms with E-state index in [2.05, 4.69) is 0 Å². The van der Waals surface area contributed by atoms with Crippen molar-refractivity contribution >= 4 is 23.8 Å². The Morgan fingerprint density at radius 2 is 1.76 bits per heavy atom. The molecule has 1 aromatic carbocycles. The summed E-state index contributed by atoms with van der Waals surface area (Å²) in [6, 6.07) is 7.61. The van der Waals surface area contributed by atoms with Crippen LogP contribution in [0.15, 0.2) is 29.2 Å². The smallest absolute Gasteiger partial charge is 0.409 e. The van der Waals surface area contributed by atoms with Crippen molar-refractivity contribution in [1.82, 2.24) is 9.80 Å². The summed E-state index contributed by atoms with van der Waals surface area (Å²) < 4.78 is 4.98. The minimum atomic E-state index is -0.297. The van der Waals surface area contributed by atoms with E-state index < -0.39 is 0 Å². The second-order valence-corrected chi connectivity index (χ2v) is 5.53. The lowest BCUT2D eigenvalue weighted by Crippen LogP contribution is -2.50. The predicted molar refractivity (Wildman–Crippen MR) is 82.7 cm³/mol. The number of carbonyl (C=O) groups excluding carboxylic acids is 2. The molecular formula is C15H20N2O3S. The Kier molecular flexibility index (Phi) is 5.50. The molecule has 0 N–H and O–H groups in total. The van der Waals surface area contributed by atoms with Crippen LogP contribution in [0.3, 0.4) is 0 Å². The Balaban J connectivity index is 1.99. The second kappa shape index (κ2) is 7.36. The lowest BCUT2D eigenvalue weighted by atomic mass is 10.2. The molecule has 21 heavy (non-hydrogen) atoms. The van der Waals surface area contributed by atoms with Crippen LogP contribution in [0.5, 0.6) is 0 Å². The molecule has 114 valence electrons. The summed E-state index contributed by atoms with van der Waals surface area (Å²) in [6.07, 6.45) is 1.67. The van der Waals surface area contributed by atoms with Gasteiger partial charge in [-0.1, -0.05) is 12.1 Å². The number of hydrogen-bond donors (Lipinski definition) is 0. The molecule has 0 bridgehead atoms. The molecule has 2 amide bonds. The molecule has 1 heterocycles. The third kappa shape index (κ3) is 3.69. The molecule has 1 fully saturated rings. The van der Waals surface area contributed by atoms with Gasteiger partial charge in [0.05, 0.1) is 12.2 Å². The van der Waals surface area contributed by atoms with E-state index in [-0.39, 0.29) is 12.0 Å². The van der Waals surface area contributed by atoms with E-state index in [1.54, 1.807) is 28.5 Å². The monoisotopic (exact) mass is 308 g/mol. The molecule has 1 aromatic rings. The van der Waals surface area contributed by atoms with Crippen molar-refractivity contribution in [2.24, 2.45) is 0 Å². The largest absolute Gasteiger partial charge is 0.450 e. The van der Waals surface area contributed by atoms with Gasteiger partial charge in [-0.15, -0.1) is 11.8 Å². The number of amides is 2. The fourth-order valence-corrected chi connectivity index (χ4v) is 2.89. The van der Waals surface area contributed by atoms with Crippen LogP contribution in [-0.2, 0) is 4.74 Å². The number of thioether (sulfide) groups is 1. The van der Waals surface area contributed by atoms with Crippen LogP contribution in [0.25, 0.3) is 0 Å². The predicted octanol–water partition coefficient (Wildman–Crippen LogP) is 2.32. The summed E-state index contributed by atoms with van der Waals surface area (Å²) in [5.41, 5.74) is 0.731. The molecule has 1 aliphatic rings. The summed E-state index contributed by atoms with van der Waals surface area (Å²) >= 11 is 1.57. The quantitative estimate of drug-likeness (QED) is 0.804. The zero-order chi connectivity index (χ0) is 15.2.